The molecule has 0 bridgehead atoms. The molecule has 1 amide bonds. The first-order chi connectivity index (χ1) is 11.0. The fourth-order valence-corrected chi connectivity index (χ4v) is 2.20. The zero-order chi connectivity index (χ0) is 16.8. The smallest absolute Gasteiger partial charge is 0.271 e. The number of anilines is 1. The fourth-order valence-electron chi connectivity index (χ4n) is 2.20. The summed E-state index contributed by atoms with van der Waals surface area (Å²) in [5.74, 6) is -0.0899. The third-order valence-electron chi connectivity index (χ3n) is 3.76. The lowest BCUT2D eigenvalue weighted by Crippen LogP contribution is -2.34. The molecule has 1 N–H and O–H groups in total. The summed E-state index contributed by atoms with van der Waals surface area (Å²) in [6.45, 7) is 2.04. The fraction of sp³-hybridized carbons (Fsp3) is 0.235. The predicted octanol–water partition coefficient (Wildman–Crippen LogP) is 3.23. The van der Waals surface area contributed by atoms with Crippen molar-refractivity contribution in [2.24, 2.45) is 0 Å². The van der Waals surface area contributed by atoms with Crippen molar-refractivity contribution in [3.05, 3.63) is 70.3 Å². The van der Waals surface area contributed by atoms with E-state index >= 15 is 0 Å². The Balaban J connectivity index is 1.96. The Kier molecular flexibility index (Phi) is 5.30. The van der Waals surface area contributed by atoms with Gasteiger partial charge in [-0.3, -0.25) is 14.9 Å². The number of amides is 1. The van der Waals surface area contributed by atoms with Gasteiger partial charge in [0, 0.05) is 24.9 Å². The molecular weight excluding hydrogens is 294 g/mol. The molecule has 1 atom stereocenters. The minimum absolute atomic E-state index is 0.00606. The Labute approximate surface area is 134 Å². The molecule has 0 fully saturated rings. The summed E-state index contributed by atoms with van der Waals surface area (Å²) in [4.78, 5) is 24.2. The Hall–Kier alpha value is -2.89. The van der Waals surface area contributed by atoms with Gasteiger partial charge in [0.05, 0.1) is 17.5 Å². The van der Waals surface area contributed by atoms with Gasteiger partial charge in [0.1, 0.15) is 0 Å². The first-order valence-corrected chi connectivity index (χ1v) is 7.28. The minimum atomic E-state index is -0.462. The third-order valence-corrected chi connectivity index (χ3v) is 3.76. The van der Waals surface area contributed by atoms with E-state index in [1.807, 2.05) is 37.3 Å². The second kappa shape index (κ2) is 7.40. The maximum atomic E-state index is 12.3. The number of nitro benzene ring substituents is 1. The Morgan fingerprint density at radius 3 is 2.57 bits per heavy atom. The molecule has 0 saturated heterocycles. The zero-order valence-electron chi connectivity index (χ0n) is 13.1. The largest absolute Gasteiger partial charge is 0.376 e. The van der Waals surface area contributed by atoms with Crippen LogP contribution in [-0.4, -0.2) is 29.3 Å². The first-order valence-electron chi connectivity index (χ1n) is 7.28. The lowest BCUT2D eigenvalue weighted by atomic mass is 10.1. The summed E-state index contributed by atoms with van der Waals surface area (Å²) in [5, 5.41) is 13.7. The highest BCUT2D eigenvalue weighted by Gasteiger charge is 2.17. The third kappa shape index (κ3) is 4.29. The van der Waals surface area contributed by atoms with E-state index in [2.05, 4.69) is 5.32 Å². The van der Waals surface area contributed by atoms with Crippen LogP contribution in [0.1, 0.15) is 18.5 Å². The quantitative estimate of drug-likeness (QED) is 0.656. The Bertz CT molecular complexity index is 688. The number of carbonyl (C=O) groups is 1. The van der Waals surface area contributed by atoms with E-state index in [1.54, 1.807) is 24.1 Å². The van der Waals surface area contributed by atoms with Crippen LogP contribution >= 0.6 is 0 Å². The summed E-state index contributed by atoms with van der Waals surface area (Å²) >= 11 is 0. The van der Waals surface area contributed by atoms with Gasteiger partial charge < -0.3 is 10.2 Å². The lowest BCUT2D eigenvalue weighted by Gasteiger charge is -2.25. The van der Waals surface area contributed by atoms with Gasteiger partial charge in [-0.1, -0.05) is 36.4 Å². The summed E-state index contributed by atoms with van der Waals surface area (Å²) < 4.78 is 0. The first kappa shape index (κ1) is 16.5. The van der Waals surface area contributed by atoms with Crippen molar-refractivity contribution in [2.75, 3.05) is 18.9 Å². The molecule has 0 heterocycles. The Morgan fingerprint density at radius 1 is 1.22 bits per heavy atom. The highest BCUT2D eigenvalue weighted by molar-refractivity contribution is 5.81. The van der Waals surface area contributed by atoms with E-state index in [4.69, 9.17) is 0 Å². The molecule has 0 unspecified atom stereocenters. The van der Waals surface area contributed by atoms with Crippen LogP contribution in [0.15, 0.2) is 54.6 Å². The highest BCUT2D eigenvalue weighted by atomic mass is 16.6. The van der Waals surface area contributed by atoms with Crippen LogP contribution in [0.2, 0.25) is 0 Å². The molecule has 0 aliphatic carbocycles. The van der Waals surface area contributed by atoms with Gasteiger partial charge in [0.2, 0.25) is 5.91 Å². The van der Waals surface area contributed by atoms with Crippen molar-refractivity contribution < 1.29 is 9.72 Å². The molecule has 0 saturated carbocycles. The van der Waals surface area contributed by atoms with Crippen molar-refractivity contribution in [3.8, 4) is 0 Å². The van der Waals surface area contributed by atoms with Crippen molar-refractivity contribution in [3.63, 3.8) is 0 Å². The number of nitro groups is 1. The highest BCUT2D eigenvalue weighted by Crippen LogP contribution is 2.19. The van der Waals surface area contributed by atoms with Gasteiger partial charge >= 0.3 is 0 Å². The molecule has 6 nitrogen and oxygen atoms in total. The molecule has 2 aromatic rings. The van der Waals surface area contributed by atoms with Crippen molar-refractivity contribution in [2.45, 2.75) is 13.0 Å². The van der Waals surface area contributed by atoms with Crippen LogP contribution in [-0.2, 0) is 4.79 Å². The van der Waals surface area contributed by atoms with E-state index in [0.29, 0.717) is 5.69 Å². The molecule has 2 aromatic carbocycles. The average Bonchev–Trinajstić information content (AvgIpc) is 2.59. The van der Waals surface area contributed by atoms with Crippen LogP contribution in [0.25, 0.3) is 0 Å². The van der Waals surface area contributed by atoms with E-state index in [-0.39, 0.29) is 24.2 Å². The number of benzene rings is 2. The molecular formula is C17H19N3O3. The molecule has 0 spiro atoms. The molecule has 0 aliphatic rings. The summed E-state index contributed by atoms with van der Waals surface area (Å²) in [6, 6.07) is 15.8. The van der Waals surface area contributed by atoms with Crippen LogP contribution in [0.3, 0.4) is 0 Å². The number of nitrogens with zero attached hydrogens (tertiary/aromatic N) is 2. The lowest BCUT2D eigenvalue weighted by molar-refractivity contribution is -0.384. The minimum Gasteiger partial charge on any atom is -0.376 e. The van der Waals surface area contributed by atoms with Crippen LogP contribution < -0.4 is 5.32 Å². The molecule has 23 heavy (non-hydrogen) atoms. The number of non-ortho nitro benzene ring substituents is 1. The van der Waals surface area contributed by atoms with Gasteiger partial charge in [-0.2, -0.15) is 0 Å². The molecule has 2 rings (SSSR count). The number of nitrogens with one attached hydrogen (secondary N) is 1. The van der Waals surface area contributed by atoms with Gasteiger partial charge in [-0.15, -0.1) is 0 Å². The van der Waals surface area contributed by atoms with E-state index in [1.165, 1.54) is 12.1 Å². The molecule has 6 heteroatoms. The number of hydrogen-bond acceptors (Lipinski definition) is 4. The normalized spacial score (nSPS) is 11.6. The predicted molar refractivity (Wildman–Crippen MR) is 89.2 cm³/mol. The van der Waals surface area contributed by atoms with Gasteiger partial charge in [0.15, 0.2) is 0 Å². The molecule has 0 aromatic heterocycles. The van der Waals surface area contributed by atoms with E-state index in [0.717, 1.165) is 5.56 Å². The molecule has 120 valence electrons. The monoisotopic (exact) mass is 313 g/mol. The van der Waals surface area contributed by atoms with Crippen LogP contribution in [0, 0.1) is 10.1 Å². The summed E-state index contributed by atoms with van der Waals surface area (Å²) in [6.07, 6.45) is 0. The maximum Gasteiger partial charge on any atom is 0.271 e. The SMILES string of the molecule is C[C@H](c1ccccc1)N(C)C(=O)CNc1cccc([N+](=O)[O-])c1. The topological polar surface area (TPSA) is 75.5 Å². The zero-order valence-corrected chi connectivity index (χ0v) is 13.1. The van der Waals surface area contributed by atoms with Gasteiger partial charge in [-0.05, 0) is 18.6 Å². The molecule has 0 aliphatic heterocycles. The van der Waals surface area contributed by atoms with Crippen LogP contribution in [0.4, 0.5) is 11.4 Å². The second-order valence-electron chi connectivity index (χ2n) is 5.25. The van der Waals surface area contributed by atoms with Gasteiger partial charge in [0.25, 0.3) is 5.69 Å². The van der Waals surface area contributed by atoms with Crippen molar-refractivity contribution in [1.29, 1.82) is 0 Å². The average molecular weight is 313 g/mol. The number of rotatable bonds is 6. The van der Waals surface area contributed by atoms with Crippen molar-refractivity contribution in [1.82, 2.24) is 4.90 Å². The Morgan fingerprint density at radius 2 is 1.91 bits per heavy atom. The van der Waals surface area contributed by atoms with E-state index < -0.39 is 4.92 Å². The second-order valence-corrected chi connectivity index (χ2v) is 5.25. The number of hydrogen-bond donors (Lipinski definition) is 1. The van der Waals surface area contributed by atoms with E-state index in [9.17, 15) is 14.9 Å². The van der Waals surface area contributed by atoms with Gasteiger partial charge in [-0.25, -0.2) is 0 Å². The summed E-state index contributed by atoms with van der Waals surface area (Å²) in [5.41, 5.74) is 1.60. The maximum absolute atomic E-state index is 12.3. The molecule has 0 radical (unpaired) electrons. The summed E-state index contributed by atoms with van der Waals surface area (Å²) in [7, 11) is 1.75. The standard InChI is InChI=1S/C17H19N3O3/c1-13(14-7-4-3-5-8-14)19(2)17(21)12-18-15-9-6-10-16(11-15)20(22)23/h3-11,13,18H,12H2,1-2H3/t13-/m1/s1. The van der Waals surface area contributed by atoms with Crippen LogP contribution in [0.5, 0.6) is 0 Å². The van der Waals surface area contributed by atoms with Crippen molar-refractivity contribution >= 4 is 17.3 Å². The number of carbonyl (C=O) groups excluding carboxylic acids is 1. The number of likely N-dealkylation sites (N-methyl/N-ethyl adjacent to an activating group) is 1.